The lowest BCUT2D eigenvalue weighted by Crippen LogP contribution is -2.42. The van der Waals surface area contributed by atoms with Crippen molar-refractivity contribution in [3.05, 3.63) is 46.2 Å². The lowest BCUT2D eigenvalue weighted by Gasteiger charge is -2.12. The lowest BCUT2D eigenvalue weighted by atomic mass is 10.2. The average molecular weight is 418 g/mol. The van der Waals surface area contributed by atoms with Crippen molar-refractivity contribution in [2.75, 3.05) is 7.11 Å². The molecule has 134 valence electrons. The second-order valence-electron chi connectivity index (χ2n) is 4.81. The van der Waals surface area contributed by atoms with Crippen LogP contribution in [0.5, 0.6) is 11.5 Å². The Bertz CT molecular complexity index is 795. The number of hydrogen-bond acceptors (Lipinski definition) is 4. The highest BCUT2D eigenvalue weighted by atomic mass is 79.9. The fourth-order valence-electron chi connectivity index (χ4n) is 2.00. The summed E-state index contributed by atoms with van der Waals surface area (Å²) in [5.41, 5.74) is 4.91. The molecule has 2 aromatic rings. The Balaban J connectivity index is 2.05. The van der Waals surface area contributed by atoms with Crippen molar-refractivity contribution in [2.24, 2.45) is 7.05 Å². The smallest absolute Gasteiger partial charge is 0.387 e. The summed E-state index contributed by atoms with van der Waals surface area (Å²) in [6.45, 7) is -3.02. The SMILES string of the molecule is COc1cc(C(=O)NNC(=O)c2cc(Br)cn2C)ccc1OC(F)F. The van der Waals surface area contributed by atoms with Gasteiger partial charge < -0.3 is 14.0 Å². The largest absolute Gasteiger partial charge is 0.493 e. The minimum absolute atomic E-state index is 0.0364. The Morgan fingerprint density at radius 3 is 2.40 bits per heavy atom. The van der Waals surface area contributed by atoms with Crippen LogP contribution in [0.4, 0.5) is 8.78 Å². The van der Waals surface area contributed by atoms with Crippen LogP contribution in [-0.2, 0) is 7.05 Å². The number of carbonyl (C=O) groups is 2. The second kappa shape index (κ2) is 7.97. The van der Waals surface area contributed by atoms with E-state index in [-0.39, 0.29) is 17.1 Å². The Morgan fingerprint density at radius 1 is 1.16 bits per heavy atom. The maximum Gasteiger partial charge on any atom is 0.387 e. The van der Waals surface area contributed by atoms with Crippen LogP contribution < -0.4 is 20.3 Å². The van der Waals surface area contributed by atoms with Gasteiger partial charge in [-0.1, -0.05) is 0 Å². The van der Waals surface area contributed by atoms with Crippen molar-refractivity contribution in [3.8, 4) is 11.5 Å². The summed E-state index contributed by atoms with van der Waals surface area (Å²) in [6, 6.07) is 5.25. The molecule has 0 spiro atoms. The molecule has 0 unspecified atom stereocenters. The van der Waals surface area contributed by atoms with Gasteiger partial charge in [-0.15, -0.1) is 0 Å². The Hall–Kier alpha value is -2.62. The Kier molecular flexibility index (Phi) is 5.97. The van der Waals surface area contributed by atoms with E-state index < -0.39 is 18.4 Å². The highest BCUT2D eigenvalue weighted by molar-refractivity contribution is 9.10. The summed E-state index contributed by atoms with van der Waals surface area (Å²) in [5.74, 6) is -1.41. The quantitative estimate of drug-likeness (QED) is 0.732. The standard InChI is InChI=1S/C15H14BrF2N3O4/c1-21-7-9(16)6-10(21)14(23)20-19-13(22)8-3-4-11(25-15(17)18)12(5-8)24-2/h3-7,15H,1-2H3,(H,19,22)(H,20,23). The molecule has 2 N–H and O–H groups in total. The minimum atomic E-state index is -3.02. The molecule has 2 rings (SSSR count). The molecule has 0 aliphatic carbocycles. The first-order valence-corrected chi connectivity index (χ1v) is 7.66. The predicted molar refractivity (Wildman–Crippen MR) is 87.7 cm³/mol. The van der Waals surface area contributed by atoms with Gasteiger partial charge in [0.05, 0.1) is 7.11 Å². The van der Waals surface area contributed by atoms with E-state index in [2.05, 4.69) is 31.5 Å². The van der Waals surface area contributed by atoms with Gasteiger partial charge >= 0.3 is 6.61 Å². The molecule has 0 saturated carbocycles. The first-order valence-electron chi connectivity index (χ1n) is 6.87. The number of nitrogens with one attached hydrogen (secondary N) is 2. The lowest BCUT2D eigenvalue weighted by molar-refractivity contribution is -0.0512. The van der Waals surface area contributed by atoms with Crippen molar-refractivity contribution < 1.29 is 27.8 Å². The van der Waals surface area contributed by atoms with E-state index in [9.17, 15) is 18.4 Å². The number of benzene rings is 1. The molecule has 0 aliphatic heterocycles. The molecule has 0 aliphatic rings. The molecule has 1 heterocycles. The van der Waals surface area contributed by atoms with Crippen LogP contribution in [-0.4, -0.2) is 30.1 Å². The van der Waals surface area contributed by atoms with Crippen LogP contribution in [0.3, 0.4) is 0 Å². The van der Waals surface area contributed by atoms with E-state index in [0.29, 0.717) is 10.2 Å². The molecule has 0 fully saturated rings. The molecular formula is C15H14BrF2N3O4. The third-order valence-electron chi connectivity index (χ3n) is 3.14. The fourth-order valence-corrected chi connectivity index (χ4v) is 2.53. The summed E-state index contributed by atoms with van der Waals surface area (Å²) in [4.78, 5) is 24.1. The summed E-state index contributed by atoms with van der Waals surface area (Å²) in [7, 11) is 2.93. The highest BCUT2D eigenvalue weighted by Crippen LogP contribution is 2.29. The van der Waals surface area contributed by atoms with Gasteiger partial charge in [-0.2, -0.15) is 8.78 Å². The van der Waals surface area contributed by atoms with Crippen molar-refractivity contribution in [2.45, 2.75) is 6.61 Å². The molecule has 1 aromatic carbocycles. The zero-order valence-electron chi connectivity index (χ0n) is 13.2. The van der Waals surface area contributed by atoms with Gasteiger partial charge in [0, 0.05) is 23.3 Å². The van der Waals surface area contributed by atoms with Crippen LogP contribution in [0.1, 0.15) is 20.8 Å². The number of ether oxygens (including phenoxy) is 2. The normalized spacial score (nSPS) is 10.5. The number of nitrogens with zero attached hydrogens (tertiary/aromatic N) is 1. The molecule has 25 heavy (non-hydrogen) atoms. The molecule has 1 aromatic heterocycles. The van der Waals surface area contributed by atoms with E-state index in [1.165, 1.54) is 25.3 Å². The maximum absolute atomic E-state index is 12.3. The van der Waals surface area contributed by atoms with E-state index in [4.69, 9.17) is 4.74 Å². The molecule has 2 amide bonds. The van der Waals surface area contributed by atoms with E-state index in [1.54, 1.807) is 23.9 Å². The number of rotatable bonds is 5. The molecule has 0 radical (unpaired) electrons. The first-order chi connectivity index (χ1) is 11.8. The summed E-state index contributed by atoms with van der Waals surface area (Å²) in [5, 5.41) is 0. The fraction of sp³-hybridized carbons (Fsp3) is 0.200. The number of hydrazine groups is 1. The monoisotopic (exact) mass is 417 g/mol. The van der Waals surface area contributed by atoms with Crippen molar-refractivity contribution >= 4 is 27.7 Å². The van der Waals surface area contributed by atoms with Crippen LogP contribution in [0.15, 0.2) is 34.9 Å². The molecule has 0 atom stereocenters. The molecule has 0 bridgehead atoms. The minimum Gasteiger partial charge on any atom is -0.493 e. The number of aromatic nitrogens is 1. The van der Waals surface area contributed by atoms with Crippen LogP contribution in [0.25, 0.3) is 0 Å². The number of alkyl halides is 2. The van der Waals surface area contributed by atoms with Crippen molar-refractivity contribution in [1.29, 1.82) is 0 Å². The van der Waals surface area contributed by atoms with Crippen molar-refractivity contribution in [1.82, 2.24) is 15.4 Å². The summed E-state index contributed by atoms with van der Waals surface area (Å²) >= 11 is 3.24. The van der Waals surface area contributed by atoms with Crippen LogP contribution in [0, 0.1) is 0 Å². The topological polar surface area (TPSA) is 81.6 Å². The third kappa shape index (κ3) is 4.69. The van der Waals surface area contributed by atoms with Gasteiger partial charge in [-0.05, 0) is 40.2 Å². The van der Waals surface area contributed by atoms with Gasteiger partial charge in [0.1, 0.15) is 5.69 Å². The van der Waals surface area contributed by atoms with Gasteiger partial charge in [0.2, 0.25) is 0 Å². The third-order valence-corrected chi connectivity index (χ3v) is 3.57. The number of aryl methyl sites for hydroxylation is 1. The zero-order chi connectivity index (χ0) is 18.6. The number of halogens is 3. The van der Waals surface area contributed by atoms with Gasteiger partial charge in [0.15, 0.2) is 11.5 Å². The summed E-state index contributed by atoms with van der Waals surface area (Å²) in [6.07, 6.45) is 1.68. The summed E-state index contributed by atoms with van der Waals surface area (Å²) < 4.78 is 36.1. The number of carbonyl (C=O) groups excluding carboxylic acids is 2. The van der Waals surface area contributed by atoms with Gasteiger partial charge in [0.25, 0.3) is 11.8 Å². The molecular weight excluding hydrogens is 404 g/mol. The number of amides is 2. The average Bonchev–Trinajstić information content (AvgIpc) is 2.90. The number of methoxy groups -OCH3 is 1. The highest BCUT2D eigenvalue weighted by Gasteiger charge is 2.16. The first kappa shape index (κ1) is 18.7. The Labute approximate surface area is 150 Å². The Morgan fingerprint density at radius 2 is 1.84 bits per heavy atom. The van der Waals surface area contributed by atoms with Gasteiger partial charge in [-0.25, -0.2) is 0 Å². The zero-order valence-corrected chi connectivity index (χ0v) is 14.8. The molecule has 10 heteroatoms. The predicted octanol–water partition coefficient (Wildman–Crippen LogP) is 2.47. The van der Waals surface area contributed by atoms with E-state index in [1.807, 2.05) is 0 Å². The van der Waals surface area contributed by atoms with Crippen LogP contribution in [0.2, 0.25) is 0 Å². The number of hydrogen-bond donors (Lipinski definition) is 2. The second-order valence-corrected chi connectivity index (χ2v) is 5.72. The van der Waals surface area contributed by atoms with Crippen molar-refractivity contribution in [3.63, 3.8) is 0 Å². The van der Waals surface area contributed by atoms with Crippen LogP contribution >= 0.6 is 15.9 Å². The maximum atomic E-state index is 12.3. The van der Waals surface area contributed by atoms with Gasteiger partial charge in [-0.3, -0.25) is 20.4 Å². The molecule has 0 saturated heterocycles. The molecule has 7 nitrogen and oxygen atoms in total. The van der Waals surface area contributed by atoms with E-state index >= 15 is 0 Å². The van der Waals surface area contributed by atoms with E-state index in [0.717, 1.165) is 0 Å².